The van der Waals surface area contributed by atoms with Crippen molar-refractivity contribution in [3.8, 4) is 28.1 Å². The first-order valence-corrected chi connectivity index (χ1v) is 8.64. The van der Waals surface area contributed by atoms with E-state index in [0.717, 1.165) is 23.4 Å². The lowest BCUT2D eigenvalue weighted by molar-refractivity contribution is 0.411. The third kappa shape index (κ3) is 4.48. The van der Waals surface area contributed by atoms with Crippen LogP contribution in [0.3, 0.4) is 0 Å². The molecule has 2 aromatic carbocycles. The molecule has 0 saturated heterocycles. The van der Waals surface area contributed by atoms with Crippen LogP contribution >= 0.6 is 0 Å². The molecule has 0 aliphatic carbocycles. The van der Waals surface area contributed by atoms with Gasteiger partial charge in [0, 0.05) is 5.56 Å². The van der Waals surface area contributed by atoms with E-state index in [-0.39, 0.29) is 5.41 Å². The Hall–Kier alpha value is -2.61. The Morgan fingerprint density at radius 1 is 0.840 bits per heavy atom. The maximum Gasteiger partial charge on any atom is 0.137 e. The van der Waals surface area contributed by atoms with Gasteiger partial charge in [-0.1, -0.05) is 63.2 Å². The number of benzene rings is 2. The normalized spacial score (nSPS) is 11.4. The zero-order chi connectivity index (χ0) is 17.9. The zero-order valence-corrected chi connectivity index (χ0v) is 15.4. The number of methoxy groups -OCH3 is 1. The van der Waals surface area contributed by atoms with Gasteiger partial charge >= 0.3 is 0 Å². The topological polar surface area (TPSA) is 22.1 Å². The maximum absolute atomic E-state index is 5.19. The van der Waals surface area contributed by atoms with Crippen molar-refractivity contribution in [2.75, 3.05) is 7.11 Å². The largest absolute Gasteiger partial charge is 0.495 e. The second-order valence-corrected chi connectivity index (χ2v) is 7.60. The summed E-state index contributed by atoms with van der Waals surface area (Å²) in [4.78, 5) is 4.50. The van der Waals surface area contributed by atoms with E-state index in [4.69, 9.17) is 4.74 Å². The molecule has 0 aliphatic heterocycles. The van der Waals surface area contributed by atoms with E-state index < -0.39 is 0 Å². The Morgan fingerprint density at radius 2 is 1.52 bits per heavy atom. The van der Waals surface area contributed by atoms with Gasteiger partial charge in [-0.05, 0) is 46.7 Å². The standard InChI is InChI=1S/C23H25NO/c1-23(2,3)15-17-7-5-8-18(13-17)19-9-6-10-20(14-19)22-12-11-21(25-4)16-24-22/h5-14,16H,15H2,1-4H3. The second-order valence-electron chi connectivity index (χ2n) is 7.60. The number of hydrogen-bond acceptors (Lipinski definition) is 2. The molecule has 1 aromatic heterocycles. The Kier molecular flexibility index (Phi) is 4.89. The minimum Gasteiger partial charge on any atom is -0.495 e. The van der Waals surface area contributed by atoms with Crippen LogP contribution in [0.4, 0.5) is 0 Å². The monoisotopic (exact) mass is 331 g/mol. The molecule has 0 fully saturated rings. The maximum atomic E-state index is 5.19. The molecule has 3 aromatic rings. The predicted octanol–water partition coefficient (Wildman–Crippen LogP) is 6.01. The van der Waals surface area contributed by atoms with Gasteiger partial charge in [-0.3, -0.25) is 4.98 Å². The Bertz CT molecular complexity index is 844. The molecule has 0 radical (unpaired) electrons. The van der Waals surface area contributed by atoms with Crippen molar-refractivity contribution >= 4 is 0 Å². The molecule has 2 nitrogen and oxygen atoms in total. The summed E-state index contributed by atoms with van der Waals surface area (Å²) >= 11 is 0. The van der Waals surface area contributed by atoms with Crippen molar-refractivity contribution in [1.29, 1.82) is 0 Å². The minimum atomic E-state index is 0.285. The zero-order valence-electron chi connectivity index (χ0n) is 15.4. The minimum absolute atomic E-state index is 0.285. The summed E-state index contributed by atoms with van der Waals surface area (Å²) in [6, 6.07) is 21.3. The highest BCUT2D eigenvalue weighted by Crippen LogP contribution is 2.28. The van der Waals surface area contributed by atoms with Crippen molar-refractivity contribution in [3.05, 3.63) is 72.4 Å². The average Bonchev–Trinajstić information content (AvgIpc) is 2.61. The van der Waals surface area contributed by atoms with Crippen LogP contribution in [0.15, 0.2) is 66.9 Å². The first-order valence-electron chi connectivity index (χ1n) is 8.64. The van der Waals surface area contributed by atoms with E-state index in [1.54, 1.807) is 13.3 Å². The molecule has 0 saturated carbocycles. The molecule has 128 valence electrons. The molecule has 0 atom stereocenters. The fourth-order valence-electron chi connectivity index (χ4n) is 3.00. The summed E-state index contributed by atoms with van der Waals surface area (Å²) in [6.07, 6.45) is 2.83. The highest BCUT2D eigenvalue weighted by Gasteiger charge is 2.12. The Morgan fingerprint density at radius 3 is 2.16 bits per heavy atom. The molecule has 0 spiro atoms. The van der Waals surface area contributed by atoms with Crippen LogP contribution in [0.25, 0.3) is 22.4 Å². The van der Waals surface area contributed by atoms with E-state index in [1.165, 1.54) is 16.7 Å². The van der Waals surface area contributed by atoms with Crippen LogP contribution in [0, 0.1) is 5.41 Å². The lowest BCUT2D eigenvalue weighted by atomic mass is 9.87. The summed E-state index contributed by atoms with van der Waals surface area (Å²) in [7, 11) is 1.65. The van der Waals surface area contributed by atoms with Gasteiger partial charge in [-0.2, -0.15) is 0 Å². The fraction of sp³-hybridized carbons (Fsp3) is 0.261. The van der Waals surface area contributed by atoms with Gasteiger partial charge < -0.3 is 4.74 Å². The molecule has 0 N–H and O–H groups in total. The summed E-state index contributed by atoms with van der Waals surface area (Å²) in [5.41, 5.74) is 6.18. The van der Waals surface area contributed by atoms with Crippen LogP contribution in [-0.2, 0) is 6.42 Å². The van der Waals surface area contributed by atoms with E-state index in [1.807, 2.05) is 12.1 Å². The molecule has 0 amide bonds. The first-order chi connectivity index (χ1) is 11.9. The van der Waals surface area contributed by atoms with E-state index in [9.17, 15) is 0 Å². The van der Waals surface area contributed by atoms with E-state index >= 15 is 0 Å². The van der Waals surface area contributed by atoms with Crippen LogP contribution in [0.1, 0.15) is 26.3 Å². The van der Waals surface area contributed by atoms with Crippen LogP contribution < -0.4 is 4.74 Å². The van der Waals surface area contributed by atoms with Crippen molar-refractivity contribution in [2.24, 2.45) is 5.41 Å². The van der Waals surface area contributed by atoms with Gasteiger partial charge in [0.2, 0.25) is 0 Å². The van der Waals surface area contributed by atoms with Crippen LogP contribution in [-0.4, -0.2) is 12.1 Å². The highest BCUT2D eigenvalue weighted by atomic mass is 16.5. The highest BCUT2D eigenvalue weighted by molar-refractivity contribution is 5.71. The molecule has 0 bridgehead atoms. The molecule has 1 heterocycles. The van der Waals surface area contributed by atoms with Crippen molar-refractivity contribution < 1.29 is 4.74 Å². The molecule has 0 unspecified atom stereocenters. The summed E-state index contributed by atoms with van der Waals surface area (Å²) in [5.74, 6) is 0.773. The summed E-state index contributed by atoms with van der Waals surface area (Å²) < 4.78 is 5.19. The number of hydrogen-bond donors (Lipinski definition) is 0. The number of aromatic nitrogens is 1. The van der Waals surface area contributed by atoms with Crippen molar-refractivity contribution in [3.63, 3.8) is 0 Å². The molecule has 25 heavy (non-hydrogen) atoms. The number of pyridine rings is 1. The lowest BCUT2D eigenvalue weighted by Crippen LogP contribution is -2.08. The van der Waals surface area contributed by atoms with Gasteiger partial charge in [0.25, 0.3) is 0 Å². The lowest BCUT2D eigenvalue weighted by Gasteiger charge is -2.18. The van der Waals surface area contributed by atoms with Gasteiger partial charge in [-0.15, -0.1) is 0 Å². The predicted molar refractivity (Wildman–Crippen MR) is 105 cm³/mol. The van der Waals surface area contributed by atoms with Crippen molar-refractivity contribution in [2.45, 2.75) is 27.2 Å². The van der Waals surface area contributed by atoms with E-state index in [0.29, 0.717) is 0 Å². The van der Waals surface area contributed by atoms with Crippen LogP contribution in [0.5, 0.6) is 5.75 Å². The van der Waals surface area contributed by atoms with Gasteiger partial charge in [0.1, 0.15) is 5.75 Å². The Balaban J connectivity index is 1.92. The van der Waals surface area contributed by atoms with Crippen LogP contribution in [0.2, 0.25) is 0 Å². The van der Waals surface area contributed by atoms with E-state index in [2.05, 4.69) is 74.3 Å². The molecule has 3 rings (SSSR count). The number of ether oxygens (including phenoxy) is 1. The third-order valence-electron chi connectivity index (χ3n) is 4.13. The molecule has 0 aliphatic rings. The Labute approximate surface area is 150 Å². The molecular weight excluding hydrogens is 306 g/mol. The summed E-state index contributed by atoms with van der Waals surface area (Å²) in [6.45, 7) is 6.82. The molecule has 2 heteroatoms. The third-order valence-corrected chi connectivity index (χ3v) is 4.13. The summed E-state index contributed by atoms with van der Waals surface area (Å²) in [5, 5.41) is 0. The van der Waals surface area contributed by atoms with Gasteiger partial charge in [0.15, 0.2) is 0 Å². The number of nitrogens with zero attached hydrogens (tertiary/aromatic N) is 1. The van der Waals surface area contributed by atoms with Crippen molar-refractivity contribution in [1.82, 2.24) is 4.98 Å². The quantitative estimate of drug-likeness (QED) is 0.584. The van der Waals surface area contributed by atoms with Gasteiger partial charge in [0.05, 0.1) is 19.0 Å². The first kappa shape index (κ1) is 17.2. The smallest absolute Gasteiger partial charge is 0.137 e. The van der Waals surface area contributed by atoms with Gasteiger partial charge in [-0.25, -0.2) is 0 Å². The molecular formula is C23H25NO. The second kappa shape index (κ2) is 7.10. The number of rotatable bonds is 4. The fourth-order valence-corrected chi connectivity index (χ4v) is 3.00. The SMILES string of the molecule is COc1ccc(-c2cccc(-c3cccc(CC(C)(C)C)c3)c2)nc1. The average molecular weight is 331 g/mol.